The molecule has 1 heterocycles. The molecule has 7 nitrogen and oxygen atoms in total. The van der Waals surface area contributed by atoms with Crippen LogP contribution in [0, 0.1) is 0 Å². The maximum Gasteiger partial charge on any atom is 0.335 e. The van der Waals surface area contributed by atoms with Gasteiger partial charge in [0.25, 0.3) is 11.8 Å². The Labute approximate surface area is 178 Å². The molecule has 1 aliphatic heterocycles. The van der Waals surface area contributed by atoms with Crippen LogP contribution in [-0.2, 0) is 9.59 Å². The normalized spacial score (nSPS) is 15.2. The minimum Gasteiger partial charge on any atom is -0.490 e. The van der Waals surface area contributed by atoms with Gasteiger partial charge in [-0.15, -0.1) is 0 Å². The zero-order chi connectivity index (χ0) is 21.7. The summed E-state index contributed by atoms with van der Waals surface area (Å²) in [5, 5.41) is 2.37. The van der Waals surface area contributed by atoms with Gasteiger partial charge in [-0.25, -0.2) is 9.69 Å². The van der Waals surface area contributed by atoms with Crippen molar-refractivity contribution in [2.24, 2.45) is 0 Å². The van der Waals surface area contributed by atoms with Crippen LogP contribution in [0.2, 0.25) is 5.02 Å². The van der Waals surface area contributed by atoms with E-state index in [0.717, 1.165) is 4.90 Å². The molecule has 0 aliphatic carbocycles. The summed E-state index contributed by atoms with van der Waals surface area (Å²) in [6.07, 6.45) is 2.99. The second kappa shape index (κ2) is 9.28. The molecule has 1 aliphatic rings. The molecule has 0 spiro atoms. The van der Waals surface area contributed by atoms with Crippen LogP contribution >= 0.6 is 11.6 Å². The van der Waals surface area contributed by atoms with E-state index < -0.39 is 17.8 Å². The molecule has 0 atom stereocenters. The van der Waals surface area contributed by atoms with E-state index in [1.54, 1.807) is 42.5 Å². The Morgan fingerprint density at radius 3 is 2.57 bits per heavy atom. The minimum absolute atomic E-state index is 0.184. The molecule has 154 valence electrons. The first-order valence-electron chi connectivity index (χ1n) is 9.12. The fourth-order valence-corrected chi connectivity index (χ4v) is 3.05. The van der Waals surface area contributed by atoms with E-state index in [1.165, 1.54) is 12.1 Å². The summed E-state index contributed by atoms with van der Waals surface area (Å²) >= 11 is 6.13. The van der Waals surface area contributed by atoms with E-state index in [4.69, 9.17) is 21.1 Å². The first-order chi connectivity index (χ1) is 14.5. The molecule has 4 amide bonds. The number of para-hydroxylation sites is 1. The number of barbiturate groups is 1. The molecule has 1 fully saturated rings. The van der Waals surface area contributed by atoms with Gasteiger partial charge in [0.2, 0.25) is 0 Å². The van der Waals surface area contributed by atoms with E-state index in [-0.39, 0.29) is 16.3 Å². The smallest absolute Gasteiger partial charge is 0.335 e. The van der Waals surface area contributed by atoms with Gasteiger partial charge in [-0.3, -0.25) is 14.9 Å². The number of rotatable bonds is 7. The van der Waals surface area contributed by atoms with Crippen LogP contribution < -0.4 is 19.7 Å². The highest BCUT2D eigenvalue weighted by molar-refractivity contribution is 6.42. The van der Waals surface area contributed by atoms with Gasteiger partial charge in [0.1, 0.15) is 12.2 Å². The second-order valence-electron chi connectivity index (χ2n) is 6.15. The van der Waals surface area contributed by atoms with Gasteiger partial charge < -0.3 is 9.47 Å². The molecular formula is C22H19ClN2O5. The van der Waals surface area contributed by atoms with Crippen LogP contribution in [0.15, 0.2) is 60.7 Å². The highest BCUT2D eigenvalue weighted by Gasteiger charge is 2.37. The Bertz CT molecular complexity index is 1050. The Kier molecular flexibility index (Phi) is 6.54. The fraction of sp³-hybridized carbons (Fsp3) is 0.136. The fourth-order valence-electron chi connectivity index (χ4n) is 2.83. The van der Waals surface area contributed by atoms with Crippen LogP contribution in [0.1, 0.15) is 12.5 Å². The molecule has 0 unspecified atom stereocenters. The molecule has 8 heteroatoms. The second-order valence-corrected chi connectivity index (χ2v) is 6.56. The van der Waals surface area contributed by atoms with Crippen molar-refractivity contribution in [2.45, 2.75) is 6.92 Å². The Balaban J connectivity index is 1.99. The quantitative estimate of drug-likeness (QED) is 0.411. The Morgan fingerprint density at radius 2 is 1.87 bits per heavy atom. The lowest BCUT2D eigenvalue weighted by Gasteiger charge is -2.27. The number of imide groups is 2. The molecule has 30 heavy (non-hydrogen) atoms. The molecule has 0 radical (unpaired) electrons. The average Bonchev–Trinajstić information content (AvgIpc) is 2.72. The van der Waals surface area contributed by atoms with Crippen molar-refractivity contribution in [2.75, 3.05) is 18.1 Å². The van der Waals surface area contributed by atoms with Gasteiger partial charge in [0.15, 0.2) is 11.5 Å². The van der Waals surface area contributed by atoms with Crippen molar-refractivity contribution in [3.8, 4) is 11.5 Å². The van der Waals surface area contributed by atoms with Crippen molar-refractivity contribution in [1.29, 1.82) is 0 Å². The van der Waals surface area contributed by atoms with E-state index in [2.05, 4.69) is 11.9 Å². The lowest BCUT2D eigenvalue weighted by Crippen LogP contribution is -2.54. The average molecular weight is 427 g/mol. The molecule has 3 rings (SSSR count). The zero-order valence-electron chi connectivity index (χ0n) is 16.2. The van der Waals surface area contributed by atoms with E-state index in [9.17, 15) is 14.4 Å². The monoisotopic (exact) mass is 426 g/mol. The topological polar surface area (TPSA) is 84.9 Å². The number of hydrogen-bond donors (Lipinski definition) is 1. The molecule has 2 aromatic carbocycles. The number of anilines is 1. The first-order valence-corrected chi connectivity index (χ1v) is 9.50. The van der Waals surface area contributed by atoms with Crippen LogP contribution in [0.5, 0.6) is 11.5 Å². The van der Waals surface area contributed by atoms with Gasteiger partial charge in [-0.1, -0.05) is 42.5 Å². The predicted molar refractivity (Wildman–Crippen MR) is 114 cm³/mol. The lowest BCUT2D eigenvalue weighted by atomic mass is 10.1. The SMILES string of the molecule is C=CCOc1ccc(/C=C2\C(=O)NC(=O)N(c3ccccc3Cl)C2=O)cc1OCC. The number of nitrogens with one attached hydrogen (secondary N) is 1. The third kappa shape index (κ3) is 4.36. The number of nitrogens with zero attached hydrogens (tertiary/aromatic N) is 1. The summed E-state index contributed by atoms with van der Waals surface area (Å²) in [5.74, 6) is -0.609. The van der Waals surface area contributed by atoms with Crippen molar-refractivity contribution in [3.05, 3.63) is 71.3 Å². The Morgan fingerprint density at radius 1 is 1.10 bits per heavy atom. The van der Waals surface area contributed by atoms with Crippen LogP contribution in [-0.4, -0.2) is 31.1 Å². The number of benzene rings is 2. The van der Waals surface area contributed by atoms with Gasteiger partial charge in [0.05, 0.1) is 17.3 Å². The van der Waals surface area contributed by atoms with Gasteiger partial charge >= 0.3 is 6.03 Å². The highest BCUT2D eigenvalue weighted by atomic mass is 35.5. The minimum atomic E-state index is -0.863. The number of urea groups is 1. The van der Waals surface area contributed by atoms with Crippen molar-refractivity contribution < 1.29 is 23.9 Å². The molecule has 0 saturated carbocycles. The van der Waals surface area contributed by atoms with Crippen molar-refractivity contribution in [1.82, 2.24) is 5.32 Å². The summed E-state index contributed by atoms with van der Waals surface area (Å²) < 4.78 is 11.1. The third-order valence-electron chi connectivity index (χ3n) is 4.13. The van der Waals surface area contributed by atoms with Crippen molar-refractivity contribution >= 4 is 41.2 Å². The summed E-state index contributed by atoms with van der Waals surface area (Å²) in [4.78, 5) is 38.5. The molecule has 2 aromatic rings. The Hall–Kier alpha value is -3.58. The number of amides is 4. The predicted octanol–water partition coefficient (Wildman–Crippen LogP) is 3.97. The van der Waals surface area contributed by atoms with Crippen LogP contribution in [0.3, 0.4) is 0 Å². The highest BCUT2D eigenvalue weighted by Crippen LogP contribution is 2.31. The van der Waals surface area contributed by atoms with Crippen LogP contribution in [0.4, 0.5) is 10.5 Å². The third-order valence-corrected chi connectivity index (χ3v) is 4.45. The molecule has 1 saturated heterocycles. The largest absolute Gasteiger partial charge is 0.490 e. The van der Waals surface area contributed by atoms with Crippen LogP contribution in [0.25, 0.3) is 6.08 Å². The maximum absolute atomic E-state index is 13.0. The number of ether oxygens (including phenoxy) is 2. The standard InChI is InChI=1S/C22H19ClN2O5/c1-3-11-30-18-10-9-14(13-19(18)29-4-2)12-15-20(26)24-22(28)25(21(15)27)17-8-6-5-7-16(17)23/h3,5-10,12-13H,1,4,11H2,2H3,(H,24,26,28)/b15-12+. The van der Waals surface area contributed by atoms with E-state index >= 15 is 0 Å². The summed E-state index contributed by atoms with van der Waals surface area (Å²) in [6.45, 7) is 6.14. The molecule has 0 aromatic heterocycles. The number of carbonyl (C=O) groups is 3. The first kappa shape index (κ1) is 21.1. The molecule has 1 N–H and O–H groups in total. The van der Waals surface area contributed by atoms with E-state index in [1.807, 2.05) is 6.92 Å². The summed E-state index contributed by atoms with van der Waals surface area (Å²) in [6, 6.07) is 10.5. The van der Waals surface area contributed by atoms with Gasteiger partial charge in [-0.2, -0.15) is 0 Å². The number of hydrogen-bond acceptors (Lipinski definition) is 5. The number of carbonyl (C=O) groups excluding carboxylic acids is 3. The zero-order valence-corrected chi connectivity index (χ0v) is 16.9. The lowest BCUT2D eigenvalue weighted by molar-refractivity contribution is -0.122. The summed E-state index contributed by atoms with van der Waals surface area (Å²) in [7, 11) is 0. The molecular weight excluding hydrogens is 408 g/mol. The van der Waals surface area contributed by atoms with Gasteiger partial charge in [-0.05, 0) is 42.8 Å². The van der Waals surface area contributed by atoms with E-state index in [0.29, 0.717) is 30.3 Å². The van der Waals surface area contributed by atoms with Gasteiger partial charge in [0, 0.05) is 0 Å². The summed E-state index contributed by atoms with van der Waals surface area (Å²) in [5.41, 5.74) is 0.497. The number of halogens is 1. The maximum atomic E-state index is 13.0. The molecule has 0 bridgehead atoms. The van der Waals surface area contributed by atoms with Crippen molar-refractivity contribution in [3.63, 3.8) is 0 Å².